The van der Waals surface area contributed by atoms with Crippen molar-refractivity contribution in [3.63, 3.8) is 0 Å². The molecule has 2 aromatic carbocycles. The van der Waals surface area contributed by atoms with Crippen LogP contribution in [0, 0.1) is 0 Å². The van der Waals surface area contributed by atoms with Crippen molar-refractivity contribution in [2.24, 2.45) is 0 Å². The molecule has 1 fully saturated rings. The fourth-order valence-electron chi connectivity index (χ4n) is 3.77. The van der Waals surface area contributed by atoms with Crippen LogP contribution in [0.1, 0.15) is 30.0 Å². The van der Waals surface area contributed by atoms with Crippen LogP contribution in [0.3, 0.4) is 0 Å². The van der Waals surface area contributed by atoms with E-state index in [1.807, 2.05) is 18.2 Å². The van der Waals surface area contributed by atoms with Crippen molar-refractivity contribution < 1.29 is 4.74 Å². The summed E-state index contributed by atoms with van der Waals surface area (Å²) < 4.78 is 7.06. The van der Waals surface area contributed by atoms with Gasteiger partial charge >= 0.3 is 0 Å². The summed E-state index contributed by atoms with van der Waals surface area (Å²) in [6.07, 6.45) is 2.27. The Labute approximate surface area is 188 Å². The number of nitrogens with zero attached hydrogens (tertiary/aromatic N) is 4. The summed E-state index contributed by atoms with van der Waals surface area (Å²) in [6.45, 7) is 1.71. The highest BCUT2D eigenvalue weighted by molar-refractivity contribution is 5.85. The third-order valence-corrected chi connectivity index (χ3v) is 5.17. The van der Waals surface area contributed by atoms with Gasteiger partial charge in [0.15, 0.2) is 0 Å². The van der Waals surface area contributed by atoms with Gasteiger partial charge in [-0.1, -0.05) is 35.4 Å². The lowest BCUT2D eigenvalue weighted by molar-refractivity contribution is 0.303. The maximum Gasteiger partial charge on any atom is 0.245 e. The molecule has 162 valence electrons. The van der Waals surface area contributed by atoms with Crippen LogP contribution in [0.4, 0.5) is 5.95 Å². The first kappa shape index (κ1) is 23.9. The van der Waals surface area contributed by atoms with Gasteiger partial charge in [-0.3, -0.25) is 0 Å². The van der Waals surface area contributed by atoms with Gasteiger partial charge in [-0.2, -0.15) is 4.68 Å². The summed E-state index contributed by atoms with van der Waals surface area (Å²) in [6, 6.07) is 17.0. The van der Waals surface area contributed by atoms with Crippen molar-refractivity contribution in [2.45, 2.75) is 31.5 Å². The van der Waals surface area contributed by atoms with Gasteiger partial charge in [0.2, 0.25) is 5.95 Å². The summed E-state index contributed by atoms with van der Waals surface area (Å²) in [5.74, 6) is 1.08. The number of hydrogen-bond donors (Lipinski definition) is 3. The monoisotopic (exact) mass is 451 g/mol. The third-order valence-electron chi connectivity index (χ3n) is 5.17. The molecule has 1 aliphatic heterocycles. The number of ether oxygens (including phenoxy) is 1. The molecule has 0 bridgehead atoms. The fraction of sp³-hybridized carbons (Fsp3) is 0.350. The number of nitrogens with two attached hydrogens (primary N) is 1. The molecule has 10 heteroatoms. The Hall–Kier alpha value is -2.39. The molecule has 0 amide bonds. The Bertz CT molecular complexity index is 923. The lowest BCUT2D eigenvalue weighted by Gasteiger charge is -2.34. The minimum atomic E-state index is 0. The van der Waals surface area contributed by atoms with Gasteiger partial charge in [0.25, 0.3) is 0 Å². The first-order valence-electron chi connectivity index (χ1n) is 9.49. The second kappa shape index (κ2) is 11.1. The number of methoxy groups -OCH3 is 1. The molecule has 0 radical (unpaired) electrons. The molecule has 0 aliphatic carbocycles. The SMILES string of the molecule is COc1ccc(-n2nnnc2N)cc1CN[C@H]1CCCN[C@H]1c1ccccc1.Cl.Cl. The third kappa shape index (κ3) is 5.20. The summed E-state index contributed by atoms with van der Waals surface area (Å²) in [4.78, 5) is 0. The molecule has 2 heterocycles. The molecule has 4 N–H and O–H groups in total. The van der Waals surface area contributed by atoms with E-state index < -0.39 is 0 Å². The second-order valence-electron chi connectivity index (χ2n) is 6.92. The number of rotatable bonds is 6. The zero-order valence-electron chi connectivity index (χ0n) is 16.7. The molecule has 0 unspecified atom stereocenters. The van der Waals surface area contributed by atoms with Gasteiger partial charge in [0.1, 0.15) is 5.75 Å². The first-order chi connectivity index (χ1) is 13.8. The van der Waals surface area contributed by atoms with E-state index in [0.29, 0.717) is 18.6 Å². The standard InChI is InChI=1S/C20H25N7O.2ClH/c1-28-18-10-9-16(27-20(21)24-25-26-27)12-15(18)13-23-17-8-5-11-22-19(17)14-6-3-2-4-7-14;;/h2-4,6-7,9-10,12,17,19,22-23H,5,8,11,13H2,1H3,(H2,21,24,26);2*1H/t17-,19-;;/m0../s1. The molecule has 3 aromatic rings. The molecule has 1 aromatic heterocycles. The average molecular weight is 452 g/mol. The number of benzene rings is 2. The van der Waals surface area contributed by atoms with E-state index in [0.717, 1.165) is 36.4 Å². The highest BCUT2D eigenvalue weighted by atomic mass is 35.5. The number of nitrogen functional groups attached to an aromatic ring is 1. The van der Waals surface area contributed by atoms with Crippen LogP contribution in [-0.2, 0) is 6.54 Å². The zero-order valence-corrected chi connectivity index (χ0v) is 18.3. The summed E-state index contributed by atoms with van der Waals surface area (Å²) >= 11 is 0. The van der Waals surface area contributed by atoms with Crippen molar-refractivity contribution in [2.75, 3.05) is 19.4 Å². The van der Waals surface area contributed by atoms with Gasteiger partial charge in [0.05, 0.1) is 12.8 Å². The molecular formula is C20H27Cl2N7O. The maximum absolute atomic E-state index is 5.84. The van der Waals surface area contributed by atoms with Crippen LogP contribution < -0.4 is 21.1 Å². The number of aromatic nitrogens is 4. The van der Waals surface area contributed by atoms with Crippen LogP contribution in [0.5, 0.6) is 5.75 Å². The lowest BCUT2D eigenvalue weighted by Crippen LogP contribution is -2.45. The topological polar surface area (TPSA) is 103 Å². The average Bonchev–Trinajstić information content (AvgIpc) is 3.18. The van der Waals surface area contributed by atoms with E-state index in [-0.39, 0.29) is 30.8 Å². The number of nitrogens with one attached hydrogen (secondary N) is 2. The molecule has 0 spiro atoms. The van der Waals surface area contributed by atoms with E-state index in [4.69, 9.17) is 10.5 Å². The van der Waals surface area contributed by atoms with Gasteiger partial charge in [-0.25, -0.2) is 0 Å². The quantitative estimate of drug-likeness (QED) is 0.529. The van der Waals surface area contributed by atoms with E-state index in [1.54, 1.807) is 7.11 Å². The molecule has 30 heavy (non-hydrogen) atoms. The van der Waals surface area contributed by atoms with Crippen molar-refractivity contribution in [3.05, 3.63) is 59.7 Å². The van der Waals surface area contributed by atoms with Crippen molar-refractivity contribution in [3.8, 4) is 11.4 Å². The Morgan fingerprint density at radius 3 is 2.70 bits per heavy atom. The highest BCUT2D eigenvalue weighted by Gasteiger charge is 2.25. The summed E-state index contributed by atoms with van der Waals surface area (Å²) in [5.41, 5.74) is 8.99. The molecular weight excluding hydrogens is 425 g/mol. The van der Waals surface area contributed by atoms with E-state index in [1.165, 1.54) is 10.2 Å². The minimum absolute atomic E-state index is 0. The largest absolute Gasteiger partial charge is 0.496 e. The fourth-order valence-corrected chi connectivity index (χ4v) is 3.77. The molecule has 0 saturated carbocycles. The van der Waals surface area contributed by atoms with Crippen LogP contribution >= 0.6 is 24.8 Å². The number of halogens is 2. The summed E-state index contributed by atoms with van der Waals surface area (Å²) in [5, 5.41) is 18.7. The molecule has 1 saturated heterocycles. The van der Waals surface area contributed by atoms with Crippen LogP contribution in [0.2, 0.25) is 0 Å². The molecule has 4 rings (SSSR count). The lowest BCUT2D eigenvalue weighted by atomic mass is 9.92. The highest BCUT2D eigenvalue weighted by Crippen LogP contribution is 2.26. The molecule has 1 aliphatic rings. The normalized spacial score (nSPS) is 18.2. The Morgan fingerprint density at radius 1 is 1.20 bits per heavy atom. The van der Waals surface area contributed by atoms with Crippen LogP contribution in [-0.4, -0.2) is 39.9 Å². The Kier molecular flexibility index (Phi) is 8.86. The van der Waals surface area contributed by atoms with E-state index >= 15 is 0 Å². The Morgan fingerprint density at radius 2 is 2.00 bits per heavy atom. The van der Waals surface area contributed by atoms with E-state index in [2.05, 4.69) is 56.5 Å². The predicted octanol–water partition coefficient (Wildman–Crippen LogP) is 2.68. The molecule has 8 nitrogen and oxygen atoms in total. The van der Waals surface area contributed by atoms with Crippen LogP contribution in [0.25, 0.3) is 5.69 Å². The Balaban J connectivity index is 0.00000160. The van der Waals surface area contributed by atoms with Crippen molar-refractivity contribution in [1.82, 2.24) is 30.8 Å². The number of tetrazole rings is 1. The smallest absolute Gasteiger partial charge is 0.245 e. The van der Waals surface area contributed by atoms with Crippen molar-refractivity contribution >= 4 is 30.8 Å². The molecule has 2 atom stereocenters. The van der Waals surface area contributed by atoms with Crippen molar-refractivity contribution in [1.29, 1.82) is 0 Å². The van der Waals surface area contributed by atoms with Crippen LogP contribution in [0.15, 0.2) is 48.5 Å². The minimum Gasteiger partial charge on any atom is -0.496 e. The van der Waals surface area contributed by atoms with E-state index in [9.17, 15) is 0 Å². The van der Waals surface area contributed by atoms with Gasteiger partial charge in [0, 0.05) is 24.2 Å². The second-order valence-corrected chi connectivity index (χ2v) is 6.92. The number of anilines is 1. The van der Waals surface area contributed by atoms with Gasteiger partial charge in [-0.15, -0.1) is 24.8 Å². The number of piperidine rings is 1. The zero-order chi connectivity index (χ0) is 19.3. The number of hydrogen-bond acceptors (Lipinski definition) is 7. The first-order valence-corrected chi connectivity index (χ1v) is 9.49. The van der Waals surface area contributed by atoms with Gasteiger partial charge < -0.3 is 21.1 Å². The summed E-state index contributed by atoms with van der Waals surface area (Å²) in [7, 11) is 1.68. The maximum atomic E-state index is 5.84. The van der Waals surface area contributed by atoms with Gasteiger partial charge in [-0.05, 0) is 53.6 Å². The predicted molar refractivity (Wildman–Crippen MR) is 122 cm³/mol.